The average molecular weight is 379 g/mol. The molecule has 7 heteroatoms. The van der Waals surface area contributed by atoms with Crippen LogP contribution in [0, 0.1) is 0 Å². The van der Waals surface area contributed by atoms with Crippen molar-refractivity contribution in [3.05, 3.63) is 59.4 Å². The second kappa shape index (κ2) is 6.91. The van der Waals surface area contributed by atoms with E-state index in [4.69, 9.17) is 9.47 Å². The second-order valence-electron chi connectivity index (χ2n) is 7.69. The van der Waals surface area contributed by atoms with Gasteiger partial charge in [-0.25, -0.2) is 0 Å². The Hall–Kier alpha value is -2.93. The number of fused-ring (bicyclic) bond motifs is 1. The van der Waals surface area contributed by atoms with Crippen LogP contribution in [0.2, 0.25) is 0 Å². The Morgan fingerprint density at radius 1 is 1.04 bits per heavy atom. The monoisotopic (exact) mass is 379 g/mol. The van der Waals surface area contributed by atoms with Gasteiger partial charge in [-0.2, -0.15) is 4.68 Å². The van der Waals surface area contributed by atoms with Crippen LogP contribution in [-0.4, -0.2) is 51.9 Å². The van der Waals surface area contributed by atoms with Gasteiger partial charge in [-0.05, 0) is 61.0 Å². The number of aromatic nitrogens is 4. The Labute approximate surface area is 164 Å². The van der Waals surface area contributed by atoms with Crippen LogP contribution in [-0.2, 0) is 6.42 Å². The molecule has 1 aliphatic heterocycles. The zero-order chi connectivity index (χ0) is 19.9. The predicted octanol–water partition coefficient (Wildman–Crippen LogP) is 3.04. The van der Waals surface area contributed by atoms with Crippen molar-refractivity contribution in [2.45, 2.75) is 31.8 Å². The molecule has 1 aliphatic rings. The Kier molecular flexibility index (Phi) is 4.55. The molecule has 0 saturated carbocycles. The Bertz CT molecular complexity index is 998. The smallest absolute Gasteiger partial charge is 0.178 e. The summed E-state index contributed by atoms with van der Waals surface area (Å²) < 4.78 is 12.6. The summed E-state index contributed by atoms with van der Waals surface area (Å²) in [5, 5.41) is 12.7. The number of likely N-dealkylation sites (N-methyl/N-ethyl adjacent to an activating group) is 1. The SMILES string of the molecule is COc1ccc(-n2nnnc2[C@H]2c3ccccc3CC(C)(C)N2C)cc1OC. The number of rotatable bonds is 4. The van der Waals surface area contributed by atoms with E-state index in [1.807, 2.05) is 18.2 Å². The summed E-state index contributed by atoms with van der Waals surface area (Å²) in [5.74, 6) is 2.08. The van der Waals surface area contributed by atoms with Crippen molar-refractivity contribution in [2.24, 2.45) is 0 Å². The fourth-order valence-corrected chi connectivity index (χ4v) is 3.93. The molecular formula is C21H25N5O2. The van der Waals surface area contributed by atoms with Crippen LogP contribution < -0.4 is 9.47 Å². The molecular weight excluding hydrogens is 354 g/mol. The van der Waals surface area contributed by atoms with Gasteiger partial charge in [0.05, 0.1) is 25.9 Å². The van der Waals surface area contributed by atoms with E-state index in [0.29, 0.717) is 11.5 Å². The van der Waals surface area contributed by atoms with Gasteiger partial charge in [-0.1, -0.05) is 24.3 Å². The summed E-state index contributed by atoms with van der Waals surface area (Å²) >= 11 is 0. The first-order valence-corrected chi connectivity index (χ1v) is 9.27. The maximum Gasteiger partial charge on any atom is 0.178 e. The van der Waals surface area contributed by atoms with Gasteiger partial charge >= 0.3 is 0 Å². The maximum absolute atomic E-state index is 5.45. The van der Waals surface area contributed by atoms with Gasteiger partial charge in [-0.3, -0.25) is 4.90 Å². The standard InChI is InChI=1S/C21H25N5O2/c1-21(2)13-14-8-6-7-9-16(14)19(25(21)3)20-22-23-24-26(20)15-10-11-17(27-4)18(12-15)28-5/h6-12,19H,13H2,1-5H3/t19-/m1/s1. The van der Waals surface area contributed by atoms with Crippen molar-refractivity contribution in [1.29, 1.82) is 0 Å². The van der Waals surface area contributed by atoms with Crippen LogP contribution >= 0.6 is 0 Å². The number of hydrogen-bond donors (Lipinski definition) is 0. The molecule has 0 amide bonds. The Balaban J connectivity index is 1.85. The highest BCUT2D eigenvalue weighted by Crippen LogP contribution is 2.41. The number of methoxy groups -OCH3 is 2. The summed E-state index contributed by atoms with van der Waals surface area (Å²) in [4.78, 5) is 2.35. The molecule has 146 valence electrons. The Morgan fingerprint density at radius 3 is 2.54 bits per heavy atom. The van der Waals surface area contributed by atoms with E-state index in [9.17, 15) is 0 Å². The van der Waals surface area contributed by atoms with Crippen molar-refractivity contribution >= 4 is 0 Å². The second-order valence-corrected chi connectivity index (χ2v) is 7.69. The van der Waals surface area contributed by atoms with Crippen molar-refractivity contribution in [3.8, 4) is 17.2 Å². The highest BCUT2D eigenvalue weighted by molar-refractivity contribution is 5.49. The molecule has 0 saturated heterocycles. The van der Waals surface area contributed by atoms with E-state index in [2.05, 4.69) is 65.6 Å². The number of ether oxygens (including phenoxy) is 2. The molecule has 0 fully saturated rings. The highest BCUT2D eigenvalue weighted by Gasteiger charge is 2.40. The van der Waals surface area contributed by atoms with E-state index in [-0.39, 0.29) is 11.6 Å². The lowest BCUT2D eigenvalue weighted by Crippen LogP contribution is -2.49. The van der Waals surface area contributed by atoms with Crippen molar-refractivity contribution in [3.63, 3.8) is 0 Å². The fourth-order valence-electron chi connectivity index (χ4n) is 3.93. The minimum Gasteiger partial charge on any atom is -0.493 e. The van der Waals surface area contributed by atoms with Gasteiger partial charge in [0.2, 0.25) is 0 Å². The average Bonchev–Trinajstić information content (AvgIpc) is 3.17. The highest BCUT2D eigenvalue weighted by atomic mass is 16.5. The molecule has 7 nitrogen and oxygen atoms in total. The topological polar surface area (TPSA) is 65.3 Å². The van der Waals surface area contributed by atoms with Gasteiger partial charge in [-0.15, -0.1) is 5.10 Å². The maximum atomic E-state index is 5.45. The molecule has 4 rings (SSSR count). The first-order valence-electron chi connectivity index (χ1n) is 9.27. The first kappa shape index (κ1) is 18.4. The summed E-state index contributed by atoms with van der Waals surface area (Å²) in [6.45, 7) is 4.50. The minimum atomic E-state index is -0.0527. The molecule has 28 heavy (non-hydrogen) atoms. The van der Waals surface area contributed by atoms with Crippen LogP contribution in [0.5, 0.6) is 11.5 Å². The number of nitrogens with zero attached hydrogens (tertiary/aromatic N) is 5. The van der Waals surface area contributed by atoms with Crippen molar-refractivity contribution in [2.75, 3.05) is 21.3 Å². The zero-order valence-electron chi connectivity index (χ0n) is 16.9. The molecule has 1 aromatic heterocycles. The lowest BCUT2D eigenvalue weighted by atomic mass is 9.81. The lowest BCUT2D eigenvalue weighted by Gasteiger charge is -2.45. The van der Waals surface area contributed by atoms with Gasteiger partial charge in [0, 0.05) is 11.6 Å². The molecule has 0 radical (unpaired) electrons. The summed E-state index contributed by atoms with van der Waals surface area (Å²) in [6.07, 6.45) is 0.980. The third-order valence-electron chi connectivity index (χ3n) is 5.66. The van der Waals surface area contributed by atoms with E-state index in [1.54, 1.807) is 18.9 Å². The first-order chi connectivity index (χ1) is 13.5. The van der Waals surface area contributed by atoms with E-state index >= 15 is 0 Å². The van der Waals surface area contributed by atoms with Crippen LogP contribution in [0.4, 0.5) is 0 Å². The van der Waals surface area contributed by atoms with Crippen molar-refractivity contribution in [1.82, 2.24) is 25.1 Å². The van der Waals surface area contributed by atoms with Gasteiger partial charge in [0.1, 0.15) is 0 Å². The molecule has 0 unspecified atom stereocenters. The number of hydrogen-bond acceptors (Lipinski definition) is 6. The summed E-state index contributed by atoms with van der Waals surface area (Å²) in [6, 6.07) is 14.2. The molecule has 0 spiro atoms. The van der Waals surface area contributed by atoms with Crippen molar-refractivity contribution < 1.29 is 9.47 Å². The number of tetrazole rings is 1. The van der Waals surface area contributed by atoms with Crippen LogP contribution in [0.25, 0.3) is 5.69 Å². The largest absolute Gasteiger partial charge is 0.493 e. The number of benzene rings is 2. The third kappa shape index (κ3) is 2.92. The summed E-state index contributed by atoms with van der Waals surface area (Å²) in [5.41, 5.74) is 3.37. The zero-order valence-corrected chi connectivity index (χ0v) is 16.9. The van der Waals surface area contributed by atoms with Crippen LogP contribution in [0.3, 0.4) is 0 Å². The van der Waals surface area contributed by atoms with E-state index in [1.165, 1.54) is 11.1 Å². The van der Waals surface area contributed by atoms with Crippen LogP contribution in [0.1, 0.15) is 36.8 Å². The molecule has 2 heterocycles. The molecule has 2 aromatic carbocycles. The molecule has 3 aromatic rings. The minimum absolute atomic E-state index is 0.0204. The van der Waals surface area contributed by atoms with E-state index in [0.717, 1.165) is 17.9 Å². The molecule has 0 aliphatic carbocycles. The fraction of sp³-hybridized carbons (Fsp3) is 0.381. The van der Waals surface area contributed by atoms with Gasteiger partial charge in [0.25, 0.3) is 0 Å². The molecule has 0 bridgehead atoms. The van der Waals surface area contributed by atoms with Gasteiger partial charge in [0.15, 0.2) is 17.3 Å². The quantitative estimate of drug-likeness (QED) is 0.694. The predicted molar refractivity (Wildman–Crippen MR) is 106 cm³/mol. The third-order valence-corrected chi connectivity index (χ3v) is 5.66. The van der Waals surface area contributed by atoms with E-state index < -0.39 is 0 Å². The molecule has 1 atom stereocenters. The van der Waals surface area contributed by atoms with Gasteiger partial charge < -0.3 is 9.47 Å². The normalized spacial score (nSPS) is 18.5. The molecule has 0 N–H and O–H groups in total. The van der Waals surface area contributed by atoms with Crippen LogP contribution in [0.15, 0.2) is 42.5 Å². The lowest BCUT2D eigenvalue weighted by molar-refractivity contribution is 0.0993. The Morgan fingerprint density at radius 2 is 1.79 bits per heavy atom. The summed E-state index contributed by atoms with van der Waals surface area (Å²) in [7, 11) is 5.38.